The van der Waals surface area contributed by atoms with Gasteiger partial charge in [-0.3, -0.25) is 0 Å². The number of thiocarbonyl (C=S) groups is 1. The number of aryl methyl sites for hydroxylation is 1. The summed E-state index contributed by atoms with van der Waals surface area (Å²) in [5.74, 6) is 0. The molecule has 0 amide bonds. The number of hydrogen-bond donors (Lipinski definition) is 1. The summed E-state index contributed by atoms with van der Waals surface area (Å²) in [6.07, 6.45) is 0. The average molecular weight is 300 g/mol. The van der Waals surface area contributed by atoms with Crippen molar-refractivity contribution in [1.82, 2.24) is 4.31 Å². The fourth-order valence-corrected chi connectivity index (χ4v) is 3.74. The van der Waals surface area contributed by atoms with Crippen LogP contribution in [0.5, 0.6) is 0 Å². The normalized spacial score (nSPS) is 17.3. The molecule has 0 aliphatic carbocycles. The maximum Gasteiger partial charge on any atom is 0.243 e. The number of benzene rings is 1. The van der Waals surface area contributed by atoms with Gasteiger partial charge in [-0.15, -0.1) is 0 Å². The second-order valence-electron chi connectivity index (χ2n) is 4.36. The highest BCUT2D eigenvalue weighted by molar-refractivity contribution is 7.89. The Labute approximate surface area is 118 Å². The molecule has 1 heterocycles. The summed E-state index contributed by atoms with van der Waals surface area (Å²) in [5, 5.41) is 0. The van der Waals surface area contributed by atoms with Crippen molar-refractivity contribution in [2.24, 2.45) is 5.73 Å². The van der Waals surface area contributed by atoms with Crippen LogP contribution in [0.3, 0.4) is 0 Å². The predicted molar refractivity (Wildman–Crippen MR) is 76.6 cm³/mol. The Bertz CT molecular complexity index is 593. The first-order valence-corrected chi connectivity index (χ1v) is 7.76. The van der Waals surface area contributed by atoms with Crippen molar-refractivity contribution in [3.05, 3.63) is 29.3 Å². The average Bonchev–Trinajstić information content (AvgIpc) is 2.39. The van der Waals surface area contributed by atoms with Crippen LogP contribution >= 0.6 is 12.2 Å². The van der Waals surface area contributed by atoms with E-state index in [1.54, 1.807) is 25.1 Å². The second-order valence-corrected chi connectivity index (χ2v) is 6.71. The largest absolute Gasteiger partial charge is 0.389 e. The molecule has 0 unspecified atom stereocenters. The van der Waals surface area contributed by atoms with Crippen LogP contribution in [-0.2, 0) is 14.8 Å². The Balaban J connectivity index is 2.44. The molecular formula is C12H16N2O3S2. The second kappa shape index (κ2) is 5.54. The van der Waals surface area contributed by atoms with Crippen molar-refractivity contribution in [2.45, 2.75) is 11.8 Å². The lowest BCUT2D eigenvalue weighted by Crippen LogP contribution is -2.40. The van der Waals surface area contributed by atoms with Gasteiger partial charge >= 0.3 is 0 Å². The molecule has 0 atom stereocenters. The zero-order chi connectivity index (χ0) is 14.0. The molecule has 0 radical (unpaired) electrons. The van der Waals surface area contributed by atoms with Gasteiger partial charge in [0, 0.05) is 18.7 Å². The van der Waals surface area contributed by atoms with Crippen molar-refractivity contribution in [1.29, 1.82) is 0 Å². The zero-order valence-corrected chi connectivity index (χ0v) is 12.3. The van der Waals surface area contributed by atoms with Crippen LogP contribution in [0.2, 0.25) is 0 Å². The van der Waals surface area contributed by atoms with Crippen molar-refractivity contribution >= 4 is 27.2 Å². The molecule has 0 aromatic heterocycles. The van der Waals surface area contributed by atoms with E-state index in [1.165, 1.54) is 4.31 Å². The summed E-state index contributed by atoms with van der Waals surface area (Å²) in [6.45, 7) is 3.36. The van der Waals surface area contributed by atoms with Crippen molar-refractivity contribution < 1.29 is 13.2 Å². The molecule has 1 aliphatic rings. The lowest BCUT2D eigenvalue weighted by molar-refractivity contribution is 0.0730. The molecule has 1 aliphatic heterocycles. The van der Waals surface area contributed by atoms with Gasteiger partial charge in [-0.2, -0.15) is 4.31 Å². The summed E-state index contributed by atoms with van der Waals surface area (Å²) in [7, 11) is -3.51. The van der Waals surface area contributed by atoms with Crippen LogP contribution in [0, 0.1) is 6.92 Å². The molecule has 0 saturated carbocycles. The third-order valence-corrected chi connectivity index (χ3v) is 5.34. The molecule has 2 N–H and O–H groups in total. The van der Waals surface area contributed by atoms with Gasteiger partial charge < -0.3 is 10.5 Å². The van der Waals surface area contributed by atoms with Gasteiger partial charge in [0.05, 0.1) is 18.1 Å². The van der Waals surface area contributed by atoms with Gasteiger partial charge in [0.15, 0.2) is 0 Å². The molecule has 19 heavy (non-hydrogen) atoms. The molecule has 1 aromatic rings. The van der Waals surface area contributed by atoms with Gasteiger partial charge in [-0.05, 0) is 18.6 Å². The molecular weight excluding hydrogens is 284 g/mol. The van der Waals surface area contributed by atoms with Gasteiger partial charge in [0.25, 0.3) is 0 Å². The lowest BCUT2D eigenvalue weighted by Gasteiger charge is -2.26. The minimum Gasteiger partial charge on any atom is -0.389 e. The standard InChI is InChI=1S/C12H16N2O3S2/c1-9-2-3-10(12(13)18)8-11(9)19(15,16)14-4-6-17-7-5-14/h2-3,8H,4-7H2,1H3,(H2,13,18). The summed E-state index contributed by atoms with van der Waals surface area (Å²) in [6, 6.07) is 5.00. The van der Waals surface area contributed by atoms with Crippen LogP contribution < -0.4 is 5.73 Å². The van der Waals surface area contributed by atoms with Gasteiger partial charge in [0.2, 0.25) is 10.0 Å². The van der Waals surface area contributed by atoms with Crippen molar-refractivity contribution in [3.8, 4) is 0 Å². The maximum atomic E-state index is 12.6. The van der Waals surface area contributed by atoms with Crippen LogP contribution in [0.4, 0.5) is 0 Å². The van der Waals surface area contributed by atoms with E-state index in [0.29, 0.717) is 37.4 Å². The number of sulfonamides is 1. The van der Waals surface area contributed by atoms with Crippen LogP contribution in [0.25, 0.3) is 0 Å². The van der Waals surface area contributed by atoms with E-state index in [9.17, 15) is 8.42 Å². The molecule has 0 bridgehead atoms. The summed E-state index contributed by atoms with van der Waals surface area (Å²) in [4.78, 5) is 0.457. The minimum atomic E-state index is -3.51. The zero-order valence-electron chi connectivity index (χ0n) is 10.6. The van der Waals surface area contributed by atoms with Crippen molar-refractivity contribution in [3.63, 3.8) is 0 Å². The number of hydrogen-bond acceptors (Lipinski definition) is 4. The number of nitrogens with two attached hydrogens (primary N) is 1. The van der Waals surface area contributed by atoms with E-state index in [4.69, 9.17) is 22.7 Å². The van der Waals surface area contributed by atoms with E-state index >= 15 is 0 Å². The van der Waals surface area contributed by atoms with Crippen LogP contribution in [0.1, 0.15) is 11.1 Å². The van der Waals surface area contributed by atoms with E-state index in [2.05, 4.69) is 0 Å². The highest BCUT2D eigenvalue weighted by Crippen LogP contribution is 2.22. The molecule has 1 fully saturated rings. The number of morpholine rings is 1. The number of rotatable bonds is 3. The molecule has 104 valence electrons. The first-order valence-electron chi connectivity index (χ1n) is 5.91. The fourth-order valence-electron chi connectivity index (χ4n) is 1.96. The molecule has 2 rings (SSSR count). The molecule has 1 aromatic carbocycles. The highest BCUT2D eigenvalue weighted by Gasteiger charge is 2.27. The summed E-state index contributed by atoms with van der Waals surface area (Å²) < 4.78 is 31.7. The summed E-state index contributed by atoms with van der Waals surface area (Å²) in [5.41, 5.74) is 6.81. The Morgan fingerprint density at radius 3 is 2.58 bits per heavy atom. The molecule has 1 saturated heterocycles. The number of nitrogens with zero attached hydrogens (tertiary/aromatic N) is 1. The van der Waals surface area contributed by atoms with Crippen LogP contribution in [-0.4, -0.2) is 44.0 Å². The first-order chi connectivity index (χ1) is 8.93. The monoisotopic (exact) mass is 300 g/mol. The SMILES string of the molecule is Cc1ccc(C(N)=S)cc1S(=O)(=O)N1CCOCC1. The Kier molecular flexibility index (Phi) is 4.19. The Morgan fingerprint density at radius 1 is 1.37 bits per heavy atom. The van der Waals surface area contributed by atoms with Gasteiger partial charge in [-0.25, -0.2) is 8.42 Å². The first kappa shape index (κ1) is 14.4. The topological polar surface area (TPSA) is 72.6 Å². The predicted octanol–water partition coefficient (Wildman–Crippen LogP) is 0.650. The van der Waals surface area contributed by atoms with Crippen LogP contribution in [0.15, 0.2) is 23.1 Å². The third-order valence-electron chi connectivity index (χ3n) is 3.06. The maximum absolute atomic E-state index is 12.6. The summed E-state index contributed by atoms with van der Waals surface area (Å²) >= 11 is 4.89. The van der Waals surface area contributed by atoms with Gasteiger partial charge in [0.1, 0.15) is 4.99 Å². The molecule has 7 heteroatoms. The Hall–Kier alpha value is -1.02. The van der Waals surface area contributed by atoms with Crippen molar-refractivity contribution in [2.75, 3.05) is 26.3 Å². The molecule has 0 spiro atoms. The lowest BCUT2D eigenvalue weighted by atomic mass is 10.1. The Morgan fingerprint density at radius 2 is 2.00 bits per heavy atom. The number of ether oxygens (including phenoxy) is 1. The highest BCUT2D eigenvalue weighted by atomic mass is 32.2. The van der Waals surface area contributed by atoms with E-state index < -0.39 is 10.0 Å². The minimum absolute atomic E-state index is 0.193. The smallest absolute Gasteiger partial charge is 0.243 e. The van der Waals surface area contributed by atoms with E-state index in [1.807, 2.05) is 0 Å². The molecule has 5 nitrogen and oxygen atoms in total. The van der Waals surface area contributed by atoms with E-state index in [-0.39, 0.29) is 9.88 Å². The van der Waals surface area contributed by atoms with E-state index in [0.717, 1.165) is 0 Å². The quantitative estimate of drug-likeness (QED) is 0.830. The third kappa shape index (κ3) is 2.94. The van der Waals surface area contributed by atoms with Gasteiger partial charge in [-0.1, -0.05) is 24.4 Å². The fraction of sp³-hybridized carbons (Fsp3) is 0.417.